The molecule has 28 heavy (non-hydrogen) atoms. The lowest BCUT2D eigenvalue weighted by Crippen LogP contribution is -2.26. The van der Waals surface area contributed by atoms with Crippen LogP contribution in [-0.4, -0.2) is 38.7 Å². The first-order chi connectivity index (χ1) is 13.7. The molecule has 0 spiro atoms. The summed E-state index contributed by atoms with van der Waals surface area (Å²) >= 11 is 1.54. The van der Waals surface area contributed by atoms with Gasteiger partial charge in [-0.05, 0) is 24.6 Å². The number of fused-ring (bicyclic) bond motifs is 1. The van der Waals surface area contributed by atoms with Crippen molar-refractivity contribution in [2.45, 2.75) is 18.9 Å². The molecule has 8 heteroatoms. The number of H-pyrrole nitrogens is 1. The van der Waals surface area contributed by atoms with Gasteiger partial charge in [-0.3, -0.25) is 9.36 Å². The monoisotopic (exact) mass is 392 g/mol. The molecule has 7 nitrogen and oxygen atoms in total. The lowest BCUT2D eigenvalue weighted by atomic mass is 10.1. The van der Waals surface area contributed by atoms with E-state index in [9.17, 15) is 4.79 Å². The van der Waals surface area contributed by atoms with Crippen LogP contribution in [0.25, 0.3) is 16.0 Å². The molecular weight excluding hydrogens is 372 g/mol. The van der Waals surface area contributed by atoms with Gasteiger partial charge in [0.05, 0.1) is 5.52 Å². The molecule has 4 aromatic rings. The van der Waals surface area contributed by atoms with E-state index in [0.717, 1.165) is 41.7 Å². The van der Waals surface area contributed by atoms with E-state index in [1.165, 1.54) is 0 Å². The maximum atomic E-state index is 13.2. The molecule has 1 aromatic carbocycles. The van der Waals surface area contributed by atoms with Crippen LogP contribution in [0.4, 0.5) is 5.69 Å². The van der Waals surface area contributed by atoms with Crippen LogP contribution < -0.4 is 16.1 Å². The number of nitrogens with two attached hydrogens (primary N) is 1. The minimum atomic E-state index is 0.0314. The van der Waals surface area contributed by atoms with Gasteiger partial charge < -0.3 is 15.6 Å². The number of thiazole rings is 1. The number of rotatable bonds is 4. The predicted molar refractivity (Wildman–Crippen MR) is 111 cm³/mol. The van der Waals surface area contributed by atoms with E-state index in [1.807, 2.05) is 28.3 Å². The van der Waals surface area contributed by atoms with Gasteiger partial charge in [-0.15, -0.1) is 11.3 Å². The van der Waals surface area contributed by atoms with E-state index < -0.39 is 0 Å². The smallest absolute Gasteiger partial charge is 0.193 e. The molecule has 1 aliphatic rings. The lowest BCUT2D eigenvalue weighted by molar-refractivity contribution is 0.752. The van der Waals surface area contributed by atoms with Gasteiger partial charge >= 0.3 is 0 Å². The molecule has 0 radical (unpaired) electrons. The molecule has 1 unspecified atom stereocenters. The molecule has 1 saturated heterocycles. The third kappa shape index (κ3) is 3.00. The zero-order chi connectivity index (χ0) is 19.1. The minimum absolute atomic E-state index is 0.0314. The normalized spacial score (nSPS) is 16.9. The maximum Gasteiger partial charge on any atom is 0.193 e. The molecule has 0 amide bonds. The summed E-state index contributed by atoms with van der Waals surface area (Å²) in [5, 5.41) is 3.46. The summed E-state index contributed by atoms with van der Waals surface area (Å²) in [7, 11) is 0. The topological polar surface area (TPSA) is 92.8 Å². The van der Waals surface area contributed by atoms with E-state index in [0.29, 0.717) is 17.4 Å². The van der Waals surface area contributed by atoms with Crippen molar-refractivity contribution in [1.29, 1.82) is 0 Å². The summed E-state index contributed by atoms with van der Waals surface area (Å²) in [4.78, 5) is 27.2. The van der Waals surface area contributed by atoms with E-state index in [1.54, 1.807) is 29.9 Å². The maximum absolute atomic E-state index is 13.2. The third-order valence-corrected chi connectivity index (χ3v) is 5.96. The van der Waals surface area contributed by atoms with Gasteiger partial charge in [0.2, 0.25) is 0 Å². The molecule has 0 aliphatic carbocycles. The van der Waals surface area contributed by atoms with Crippen LogP contribution in [0.15, 0.2) is 53.2 Å². The van der Waals surface area contributed by atoms with Crippen LogP contribution in [-0.2, 0) is 6.42 Å². The number of aromatic amines is 1. The number of hydrogen-bond acceptors (Lipinski definition) is 6. The van der Waals surface area contributed by atoms with Crippen molar-refractivity contribution < 1.29 is 0 Å². The number of imidazole rings is 1. The highest BCUT2D eigenvalue weighted by molar-refractivity contribution is 7.12. The Morgan fingerprint density at radius 2 is 2.21 bits per heavy atom. The number of pyridine rings is 1. The number of aromatic nitrogens is 4. The Hall–Kier alpha value is -2.97. The molecule has 1 atom stereocenters. The summed E-state index contributed by atoms with van der Waals surface area (Å²) in [6, 6.07) is 6.22. The molecule has 5 rings (SSSR count). The van der Waals surface area contributed by atoms with Crippen LogP contribution in [0.2, 0.25) is 0 Å². The highest BCUT2D eigenvalue weighted by atomic mass is 32.1. The first kappa shape index (κ1) is 17.2. The SMILES string of the molecule is NC1CCN(c2ccc3c(=O)c(Cc4ncc[nH]4)cn(-c4nccs4)c3c2)C1. The summed E-state index contributed by atoms with van der Waals surface area (Å²) in [5.74, 6) is 0.768. The second-order valence-corrected chi connectivity index (χ2v) is 7.95. The zero-order valence-corrected chi connectivity index (χ0v) is 16.0. The second-order valence-electron chi connectivity index (χ2n) is 7.08. The van der Waals surface area contributed by atoms with Crippen molar-refractivity contribution in [2.24, 2.45) is 5.73 Å². The molecular formula is C20H20N6OS. The van der Waals surface area contributed by atoms with Crippen molar-refractivity contribution in [2.75, 3.05) is 18.0 Å². The van der Waals surface area contributed by atoms with Crippen molar-refractivity contribution in [1.82, 2.24) is 19.5 Å². The molecule has 1 fully saturated rings. The fraction of sp³-hybridized carbons (Fsp3) is 0.250. The van der Waals surface area contributed by atoms with Crippen LogP contribution in [0.3, 0.4) is 0 Å². The molecule has 142 valence electrons. The van der Waals surface area contributed by atoms with E-state index in [-0.39, 0.29) is 11.5 Å². The Kier molecular flexibility index (Phi) is 4.22. The van der Waals surface area contributed by atoms with Crippen molar-refractivity contribution in [3.63, 3.8) is 0 Å². The average Bonchev–Trinajstić information content (AvgIpc) is 3.46. The van der Waals surface area contributed by atoms with Crippen LogP contribution in [0, 0.1) is 0 Å². The number of nitrogens with zero attached hydrogens (tertiary/aromatic N) is 4. The lowest BCUT2D eigenvalue weighted by Gasteiger charge is -2.20. The molecule has 4 heterocycles. The molecule has 0 bridgehead atoms. The molecule has 3 aromatic heterocycles. The first-order valence-electron chi connectivity index (χ1n) is 9.26. The number of benzene rings is 1. The fourth-order valence-electron chi connectivity index (χ4n) is 3.78. The van der Waals surface area contributed by atoms with Gasteiger partial charge in [-0.25, -0.2) is 9.97 Å². The Balaban J connectivity index is 1.68. The highest BCUT2D eigenvalue weighted by Gasteiger charge is 2.21. The predicted octanol–water partition coefficient (Wildman–Crippen LogP) is 2.30. The van der Waals surface area contributed by atoms with E-state index in [2.05, 4.69) is 25.9 Å². The molecule has 3 N–H and O–H groups in total. The summed E-state index contributed by atoms with van der Waals surface area (Å²) in [6.45, 7) is 1.77. The van der Waals surface area contributed by atoms with Gasteiger partial charge in [0.25, 0.3) is 0 Å². The van der Waals surface area contributed by atoms with Crippen molar-refractivity contribution in [3.8, 4) is 5.13 Å². The van der Waals surface area contributed by atoms with Crippen LogP contribution >= 0.6 is 11.3 Å². The van der Waals surface area contributed by atoms with Gasteiger partial charge in [0, 0.05) is 72.4 Å². The fourth-order valence-corrected chi connectivity index (χ4v) is 4.41. The number of anilines is 1. The zero-order valence-electron chi connectivity index (χ0n) is 15.2. The summed E-state index contributed by atoms with van der Waals surface area (Å²) in [5.41, 5.74) is 8.75. The van der Waals surface area contributed by atoms with Crippen molar-refractivity contribution in [3.05, 3.63) is 70.0 Å². The summed E-state index contributed by atoms with van der Waals surface area (Å²) in [6.07, 6.45) is 8.58. The van der Waals surface area contributed by atoms with E-state index in [4.69, 9.17) is 5.73 Å². The molecule has 0 saturated carbocycles. The number of hydrogen-bond donors (Lipinski definition) is 2. The Bertz CT molecular complexity index is 1170. The minimum Gasteiger partial charge on any atom is -0.370 e. The highest BCUT2D eigenvalue weighted by Crippen LogP contribution is 2.26. The first-order valence-corrected chi connectivity index (χ1v) is 10.1. The van der Waals surface area contributed by atoms with E-state index >= 15 is 0 Å². The standard InChI is InChI=1S/C20H20N6OS/c21-14-3-7-25(12-14)15-1-2-16-17(10-15)26(20-24-6-8-28-20)11-13(19(16)27)9-18-22-4-5-23-18/h1-2,4-6,8,10-11,14H,3,7,9,12,21H2,(H,22,23). The largest absolute Gasteiger partial charge is 0.370 e. The second kappa shape index (κ2) is 6.88. The van der Waals surface area contributed by atoms with Gasteiger partial charge in [0.1, 0.15) is 5.82 Å². The quantitative estimate of drug-likeness (QED) is 0.556. The van der Waals surface area contributed by atoms with Gasteiger partial charge in [-0.2, -0.15) is 0 Å². The Morgan fingerprint density at radius 1 is 1.29 bits per heavy atom. The average molecular weight is 392 g/mol. The Morgan fingerprint density at radius 3 is 2.93 bits per heavy atom. The Labute approximate surface area is 165 Å². The molecule has 1 aliphatic heterocycles. The summed E-state index contributed by atoms with van der Waals surface area (Å²) < 4.78 is 2.01. The van der Waals surface area contributed by atoms with Crippen LogP contribution in [0.5, 0.6) is 0 Å². The van der Waals surface area contributed by atoms with Crippen LogP contribution in [0.1, 0.15) is 17.8 Å². The number of nitrogens with one attached hydrogen (secondary N) is 1. The van der Waals surface area contributed by atoms with Crippen molar-refractivity contribution >= 4 is 27.9 Å². The van der Waals surface area contributed by atoms with Gasteiger partial charge in [-0.1, -0.05) is 0 Å². The van der Waals surface area contributed by atoms with Gasteiger partial charge in [0.15, 0.2) is 10.6 Å². The third-order valence-electron chi connectivity index (χ3n) is 5.19.